The van der Waals surface area contributed by atoms with Crippen LogP contribution in [0.15, 0.2) is 34.2 Å². The van der Waals surface area contributed by atoms with Gasteiger partial charge in [0.1, 0.15) is 0 Å². The number of carbonyl (C=O) groups excluding carboxylic acids is 1. The Labute approximate surface area is 88.4 Å². The van der Waals surface area contributed by atoms with Gasteiger partial charge in [-0.2, -0.15) is 4.99 Å². The Morgan fingerprint density at radius 3 is 2.71 bits per heavy atom. The number of nitrogens with zero attached hydrogens (tertiary/aromatic N) is 1. The Bertz CT molecular complexity index is 367. The van der Waals surface area contributed by atoms with E-state index in [9.17, 15) is 4.79 Å². The van der Waals surface area contributed by atoms with Gasteiger partial charge in [0.15, 0.2) is 0 Å². The molecule has 1 rings (SSSR count). The molecule has 0 heterocycles. The first-order valence-corrected chi connectivity index (χ1v) is 5.56. The first-order chi connectivity index (χ1) is 6.60. The predicted molar refractivity (Wildman–Crippen MR) is 59.4 cm³/mol. The van der Waals surface area contributed by atoms with Gasteiger partial charge in [0.05, 0.1) is 5.54 Å². The van der Waals surface area contributed by atoms with E-state index in [0.29, 0.717) is 0 Å². The van der Waals surface area contributed by atoms with Gasteiger partial charge in [-0.1, -0.05) is 12.1 Å². The van der Waals surface area contributed by atoms with Gasteiger partial charge in [-0.25, -0.2) is 4.79 Å². The van der Waals surface area contributed by atoms with Crippen molar-refractivity contribution in [1.29, 1.82) is 0 Å². The Morgan fingerprint density at radius 1 is 1.43 bits per heavy atom. The summed E-state index contributed by atoms with van der Waals surface area (Å²) in [5.74, 6) is 0. The molecule has 1 aromatic rings. The number of isocyanates is 1. The van der Waals surface area contributed by atoms with Gasteiger partial charge in [-0.05, 0) is 37.8 Å². The van der Waals surface area contributed by atoms with E-state index < -0.39 is 5.54 Å². The maximum absolute atomic E-state index is 10.3. The SMILES string of the molecule is CSc1cccc(C(C)(C)N=C=O)c1. The monoisotopic (exact) mass is 207 g/mol. The summed E-state index contributed by atoms with van der Waals surface area (Å²) >= 11 is 1.68. The highest BCUT2D eigenvalue weighted by Crippen LogP contribution is 2.27. The lowest BCUT2D eigenvalue weighted by Gasteiger charge is -2.18. The van der Waals surface area contributed by atoms with Crippen molar-refractivity contribution in [2.75, 3.05) is 6.26 Å². The van der Waals surface area contributed by atoms with Crippen LogP contribution in [-0.4, -0.2) is 12.3 Å². The van der Waals surface area contributed by atoms with Crippen LogP contribution in [0.3, 0.4) is 0 Å². The molecule has 0 aliphatic rings. The largest absolute Gasteiger partial charge is 0.235 e. The predicted octanol–water partition coefficient (Wildman–Crippen LogP) is 2.98. The number of hydrogen-bond donors (Lipinski definition) is 0. The molecule has 2 nitrogen and oxygen atoms in total. The smallest absolute Gasteiger partial charge is 0.211 e. The molecule has 14 heavy (non-hydrogen) atoms. The zero-order valence-electron chi connectivity index (χ0n) is 8.57. The van der Waals surface area contributed by atoms with Crippen molar-refractivity contribution in [3.05, 3.63) is 29.8 Å². The third-order valence-electron chi connectivity index (χ3n) is 2.10. The molecule has 0 unspecified atom stereocenters. The van der Waals surface area contributed by atoms with Crippen LogP contribution in [-0.2, 0) is 10.3 Å². The minimum Gasteiger partial charge on any atom is -0.211 e. The van der Waals surface area contributed by atoms with Crippen LogP contribution in [0, 0.1) is 0 Å². The van der Waals surface area contributed by atoms with Crippen molar-refractivity contribution in [2.24, 2.45) is 4.99 Å². The fourth-order valence-electron chi connectivity index (χ4n) is 1.18. The van der Waals surface area contributed by atoms with Crippen LogP contribution >= 0.6 is 11.8 Å². The van der Waals surface area contributed by atoms with E-state index in [0.717, 1.165) is 5.56 Å². The van der Waals surface area contributed by atoms with E-state index >= 15 is 0 Å². The summed E-state index contributed by atoms with van der Waals surface area (Å²) in [5, 5.41) is 0. The minimum atomic E-state index is -0.479. The van der Waals surface area contributed by atoms with E-state index in [2.05, 4.69) is 4.99 Å². The third kappa shape index (κ3) is 2.47. The van der Waals surface area contributed by atoms with Crippen LogP contribution in [0.4, 0.5) is 0 Å². The average Bonchev–Trinajstić information content (AvgIpc) is 2.18. The highest BCUT2D eigenvalue weighted by Gasteiger charge is 2.19. The van der Waals surface area contributed by atoms with Crippen molar-refractivity contribution in [3.8, 4) is 0 Å². The van der Waals surface area contributed by atoms with Crippen molar-refractivity contribution >= 4 is 17.8 Å². The molecule has 0 atom stereocenters. The molecule has 0 aromatic heterocycles. The van der Waals surface area contributed by atoms with E-state index in [1.165, 1.54) is 4.90 Å². The fourth-order valence-corrected chi connectivity index (χ4v) is 1.64. The second-order valence-electron chi connectivity index (χ2n) is 3.49. The lowest BCUT2D eigenvalue weighted by atomic mass is 9.95. The summed E-state index contributed by atoms with van der Waals surface area (Å²) in [6.07, 6.45) is 3.64. The topological polar surface area (TPSA) is 29.4 Å². The van der Waals surface area contributed by atoms with Gasteiger partial charge in [0.2, 0.25) is 6.08 Å². The zero-order chi connectivity index (χ0) is 10.6. The fraction of sp³-hybridized carbons (Fsp3) is 0.364. The molecule has 0 spiro atoms. The number of thioether (sulfide) groups is 1. The maximum Gasteiger partial charge on any atom is 0.235 e. The van der Waals surface area contributed by atoms with Crippen molar-refractivity contribution in [3.63, 3.8) is 0 Å². The molecule has 0 bridgehead atoms. The third-order valence-corrected chi connectivity index (χ3v) is 2.83. The lowest BCUT2D eigenvalue weighted by Crippen LogP contribution is -2.13. The summed E-state index contributed by atoms with van der Waals surface area (Å²) in [6.45, 7) is 3.80. The first kappa shape index (κ1) is 11.0. The molecule has 1 aromatic carbocycles. The standard InChI is InChI=1S/C11H13NOS/c1-11(2,12-8-13)9-5-4-6-10(7-9)14-3/h4-7H,1-3H3. The quantitative estimate of drug-likeness (QED) is 0.433. The molecule has 0 amide bonds. The van der Waals surface area contributed by atoms with Crippen LogP contribution in [0.2, 0.25) is 0 Å². The summed E-state index contributed by atoms with van der Waals surface area (Å²) in [5.41, 5.74) is 0.556. The number of benzene rings is 1. The van der Waals surface area contributed by atoms with Gasteiger partial charge in [0, 0.05) is 4.90 Å². The van der Waals surface area contributed by atoms with Gasteiger partial charge >= 0.3 is 0 Å². The van der Waals surface area contributed by atoms with E-state index in [1.807, 2.05) is 44.4 Å². The zero-order valence-corrected chi connectivity index (χ0v) is 9.39. The molecule has 0 fully saturated rings. The van der Waals surface area contributed by atoms with E-state index in [4.69, 9.17) is 0 Å². The Kier molecular flexibility index (Phi) is 3.50. The van der Waals surface area contributed by atoms with E-state index in [-0.39, 0.29) is 0 Å². The van der Waals surface area contributed by atoms with Crippen LogP contribution in [0.1, 0.15) is 19.4 Å². The molecule has 0 N–H and O–H groups in total. The highest BCUT2D eigenvalue weighted by atomic mass is 32.2. The number of rotatable bonds is 3. The van der Waals surface area contributed by atoms with Crippen molar-refractivity contribution in [1.82, 2.24) is 0 Å². The Balaban J connectivity index is 3.11. The summed E-state index contributed by atoms with van der Waals surface area (Å²) in [7, 11) is 0. The Morgan fingerprint density at radius 2 is 2.14 bits per heavy atom. The lowest BCUT2D eigenvalue weighted by molar-refractivity contribution is 0.522. The molecule has 3 heteroatoms. The van der Waals surface area contributed by atoms with Crippen LogP contribution in [0.5, 0.6) is 0 Å². The molecule has 0 aliphatic heterocycles. The minimum absolute atomic E-state index is 0.479. The van der Waals surface area contributed by atoms with Gasteiger partial charge in [0.25, 0.3) is 0 Å². The second kappa shape index (κ2) is 4.45. The van der Waals surface area contributed by atoms with Crippen molar-refractivity contribution < 1.29 is 4.79 Å². The molecular formula is C11H13NOS. The number of aliphatic imine (C=N–C) groups is 1. The normalized spacial score (nSPS) is 10.8. The molecule has 0 saturated heterocycles. The maximum atomic E-state index is 10.3. The summed E-state index contributed by atoms with van der Waals surface area (Å²) < 4.78 is 0. The summed E-state index contributed by atoms with van der Waals surface area (Å²) in [4.78, 5) is 15.2. The average molecular weight is 207 g/mol. The van der Waals surface area contributed by atoms with Crippen LogP contribution in [0.25, 0.3) is 0 Å². The van der Waals surface area contributed by atoms with Gasteiger partial charge in [-0.3, -0.25) is 0 Å². The molecular weight excluding hydrogens is 194 g/mol. The second-order valence-corrected chi connectivity index (χ2v) is 4.37. The molecule has 0 saturated carbocycles. The highest BCUT2D eigenvalue weighted by molar-refractivity contribution is 7.98. The van der Waals surface area contributed by atoms with Crippen LogP contribution < -0.4 is 0 Å². The van der Waals surface area contributed by atoms with Gasteiger partial charge in [-0.15, -0.1) is 11.8 Å². The molecule has 74 valence electrons. The van der Waals surface area contributed by atoms with Crippen molar-refractivity contribution in [2.45, 2.75) is 24.3 Å². The first-order valence-electron chi connectivity index (χ1n) is 4.34. The molecule has 0 aliphatic carbocycles. The Hall–Kier alpha value is -1.05. The summed E-state index contributed by atoms with van der Waals surface area (Å²) in [6, 6.07) is 8.03. The number of hydrogen-bond acceptors (Lipinski definition) is 3. The van der Waals surface area contributed by atoms with E-state index in [1.54, 1.807) is 17.8 Å². The van der Waals surface area contributed by atoms with Gasteiger partial charge < -0.3 is 0 Å². The molecule has 0 radical (unpaired) electrons.